The SMILES string of the molecule is COc1cc(C)c(C)cc1C(O)C(=O)N1CCNCC1. The van der Waals surface area contributed by atoms with Crippen LogP contribution in [0, 0.1) is 13.8 Å². The third kappa shape index (κ3) is 2.94. The van der Waals surface area contributed by atoms with Crippen LogP contribution in [-0.2, 0) is 4.79 Å². The molecule has 20 heavy (non-hydrogen) atoms. The van der Waals surface area contributed by atoms with Gasteiger partial charge in [-0.05, 0) is 37.1 Å². The van der Waals surface area contributed by atoms with Gasteiger partial charge in [0.05, 0.1) is 7.11 Å². The average Bonchev–Trinajstić information content (AvgIpc) is 2.49. The van der Waals surface area contributed by atoms with Crippen LogP contribution in [0.25, 0.3) is 0 Å². The van der Waals surface area contributed by atoms with Gasteiger partial charge in [-0.1, -0.05) is 0 Å². The molecule has 1 atom stereocenters. The van der Waals surface area contributed by atoms with Crippen LogP contribution >= 0.6 is 0 Å². The van der Waals surface area contributed by atoms with E-state index in [1.807, 2.05) is 26.0 Å². The molecule has 110 valence electrons. The molecular formula is C15H22N2O3. The van der Waals surface area contributed by atoms with Gasteiger partial charge in [0, 0.05) is 31.7 Å². The van der Waals surface area contributed by atoms with Crippen molar-refractivity contribution in [2.45, 2.75) is 20.0 Å². The highest BCUT2D eigenvalue weighted by atomic mass is 16.5. The van der Waals surface area contributed by atoms with Gasteiger partial charge in [-0.15, -0.1) is 0 Å². The Kier molecular flexibility index (Phi) is 4.62. The van der Waals surface area contributed by atoms with Crippen LogP contribution in [0.2, 0.25) is 0 Å². The Hall–Kier alpha value is -1.59. The number of aryl methyl sites for hydroxylation is 2. The molecule has 0 bridgehead atoms. The average molecular weight is 278 g/mol. The maximum absolute atomic E-state index is 12.4. The van der Waals surface area contributed by atoms with Crippen molar-refractivity contribution < 1.29 is 14.6 Å². The predicted octanol–water partition coefficient (Wildman–Crippen LogP) is 0.777. The van der Waals surface area contributed by atoms with Crippen molar-refractivity contribution in [2.24, 2.45) is 0 Å². The first-order valence-electron chi connectivity index (χ1n) is 6.87. The van der Waals surface area contributed by atoms with E-state index in [1.54, 1.807) is 12.0 Å². The van der Waals surface area contributed by atoms with Gasteiger partial charge in [-0.3, -0.25) is 4.79 Å². The lowest BCUT2D eigenvalue weighted by atomic mass is 10.0. The second-order valence-electron chi connectivity index (χ2n) is 5.16. The fraction of sp³-hybridized carbons (Fsp3) is 0.533. The zero-order chi connectivity index (χ0) is 14.7. The molecular weight excluding hydrogens is 256 g/mol. The number of hydrogen-bond donors (Lipinski definition) is 2. The molecule has 5 nitrogen and oxygen atoms in total. The number of carbonyl (C=O) groups is 1. The van der Waals surface area contributed by atoms with E-state index in [9.17, 15) is 9.90 Å². The van der Waals surface area contributed by atoms with Gasteiger partial charge in [0.15, 0.2) is 6.10 Å². The lowest BCUT2D eigenvalue weighted by molar-refractivity contribution is -0.141. The molecule has 1 aromatic rings. The predicted molar refractivity (Wildman–Crippen MR) is 76.9 cm³/mol. The molecule has 0 aliphatic carbocycles. The molecule has 0 radical (unpaired) electrons. The number of ether oxygens (including phenoxy) is 1. The van der Waals surface area contributed by atoms with Crippen LogP contribution in [0.1, 0.15) is 22.8 Å². The number of aliphatic hydroxyl groups excluding tert-OH is 1. The van der Waals surface area contributed by atoms with Crippen molar-refractivity contribution in [1.82, 2.24) is 10.2 Å². The molecule has 0 spiro atoms. The van der Waals surface area contributed by atoms with Gasteiger partial charge in [0.25, 0.3) is 5.91 Å². The second-order valence-corrected chi connectivity index (χ2v) is 5.16. The molecule has 1 aromatic carbocycles. The summed E-state index contributed by atoms with van der Waals surface area (Å²) in [4.78, 5) is 14.0. The topological polar surface area (TPSA) is 61.8 Å². The van der Waals surface area contributed by atoms with E-state index in [0.29, 0.717) is 24.4 Å². The van der Waals surface area contributed by atoms with Crippen LogP contribution in [0.3, 0.4) is 0 Å². The minimum absolute atomic E-state index is 0.256. The van der Waals surface area contributed by atoms with E-state index in [4.69, 9.17) is 4.74 Å². The van der Waals surface area contributed by atoms with E-state index in [0.717, 1.165) is 24.2 Å². The first-order chi connectivity index (χ1) is 9.54. The van der Waals surface area contributed by atoms with Crippen LogP contribution in [0.4, 0.5) is 0 Å². The summed E-state index contributed by atoms with van der Waals surface area (Å²) in [5, 5.41) is 13.6. The van der Waals surface area contributed by atoms with E-state index < -0.39 is 6.10 Å². The number of methoxy groups -OCH3 is 1. The highest BCUT2D eigenvalue weighted by Gasteiger charge is 2.27. The molecule has 1 amide bonds. The number of benzene rings is 1. The van der Waals surface area contributed by atoms with Crippen molar-refractivity contribution in [3.8, 4) is 5.75 Å². The molecule has 2 N–H and O–H groups in total. The summed E-state index contributed by atoms with van der Waals surface area (Å²) in [6.45, 7) is 6.73. The van der Waals surface area contributed by atoms with Crippen molar-refractivity contribution in [2.75, 3.05) is 33.3 Å². The number of nitrogens with zero attached hydrogens (tertiary/aromatic N) is 1. The zero-order valence-electron chi connectivity index (χ0n) is 12.3. The molecule has 1 aliphatic rings. The van der Waals surface area contributed by atoms with Gasteiger partial charge in [0.1, 0.15) is 5.75 Å². The number of nitrogens with one attached hydrogen (secondary N) is 1. The molecule has 0 saturated carbocycles. The Morgan fingerprint density at radius 1 is 1.30 bits per heavy atom. The van der Waals surface area contributed by atoms with Gasteiger partial charge in [-0.2, -0.15) is 0 Å². The molecule has 5 heteroatoms. The number of aliphatic hydroxyl groups is 1. The fourth-order valence-corrected chi connectivity index (χ4v) is 2.39. The Labute approximate surface area is 119 Å². The molecule has 1 heterocycles. The van der Waals surface area contributed by atoms with Crippen molar-refractivity contribution >= 4 is 5.91 Å². The minimum atomic E-state index is -1.16. The number of carbonyl (C=O) groups excluding carboxylic acids is 1. The van der Waals surface area contributed by atoms with Crippen molar-refractivity contribution in [3.63, 3.8) is 0 Å². The van der Waals surface area contributed by atoms with Gasteiger partial charge >= 0.3 is 0 Å². The summed E-state index contributed by atoms with van der Waals surface area (Å²) in [6, 6.07) is 3.69. The third-order valence-electron chi connectivity index (χ3n) is 3.80. The second kappa shape index (κ2) is 6.24. The normalized spacial score (nSPS) is 16.9. The monoisotopic (exact) mass is 278 g/mol. The minimum Gasteiger partial charge on any atom is -0.496 e. The van der Waals surface area contributed by atoms with Crippen LogP contribution in [-0.4, -0.2) is 49.2 Å². The summed E-state index contributed by atoms with van der Waals surface area (Å²) >= 11 is 0. The van der Waals surface area contributed by atoms with Crippen molar-refractivity contribution in [3.05, 3.63) is 28.8 Å². The van der Waals surface area contributed by atoms with Crippen LogP contribution in [0.5, 0.6) is 5.75 Å². The largest absolute Gasteiger partial charge is 0.496 e. The molecule has 0 aromatic heterocycles. The first kappa shape index (κ1) is 14.8. The summed E-state index contributed by atoms with van der Waals surface area (Å²) in [6.07, 6.45) is -1.16. The summed E-state index contributed by atoms with van der Waals surface area (Å²) in [5.41, 5.74) is 2.65. The van der Waals surface area contributed by atoms with E-state index in [2.05, 4.69) is 5.32 Å². The quantitative estimate of drug-likeness (QED) is 0.857. The summed E-state index contributed by atoms with van der Waals surface area (Å²) in [5.74, 6) is 0.303. The Balaban J connectivity index is 2.25. The number of amides is 1. The van der Waals surface area contributed by atoms with E-state index >= 15 is 0 Å². The Morgan fingerprint density at radius 2 is 1.90 bits per heavy atom. The Bertz CT molecular complexity index is 496. The van der Waals surface area contributed by atoms with Gasteiger partial charge in [0.2, 0.25) is 0 Å². The highest BCUT2D eigenvalue weighted by Crippen LogP contribution is 2.29. The maximum atomic E-state index is 12.4. The van der Waals surface area contributed by atoms with Crippen molar-refractivity contribution in [1.29, 1.82) is 0 Å². The van der Waals surface area contributed by atoms with E-state index in [-0.39, 0.29) is 5.91 Å². The van der Waals surface area contributed by atoms with Crippen LogP contribution in [0.15, 0.2) is 12.1 Å². The van der Waals surface area contributed by atoms with Gasteiger partial charge < -0.3 is 20.1 Å². The van der Waals surface area contributed by atoms with E-state index in [1.165, 1.54) is 0 Å². The lowest BCUT2D eigenvalue weighted by Gasteiger charge is -2.29. The first-order valence-corrected chi connectivity index (χ1v) is 6.87. The summed E-state index contributed by atoms with van der Waals surface area (Å²) < 4.78 is 5.30. The van der Waals surface area contributed by atoms with Crippen LogP contribution < -0.4 is 10.1 Å². The number of piperazine rings is 1. The number of hydrogen-bond acceptors (Lipinski definition) is 4. The zero-order valence-corrected chi connectivity index (χ0v) is 12.3. The number of rotatable bonds is 3. The molecule has 1 aliphatic heterocycles. The molecule has 1 fully saturated rings. The summed E-state index contributed by atoms with van der Waals surface area (Å²) in [7, 11) is 1.55. The molecule has 2 rings (SSSR count). The lowest BCUT2D eigenvalue weighted by Crippen LogP contribution is -2.48. The smallest absolute Gasteiger partial charge is 0.256 e. The van der Waals surface area contributed by atoms with Gasteiger partial charge in [-0.25, -0.2) is 0 Å². The maximum Gasteiger partial charge on any atom is 0.256 e. The standard InChI is InChI=1S/C15H22N2O3/c1-10-8-12(13(20-3)9-11(10)2)14(18)15(19)17-6-4-16-5-7-17/h8-9,14,16,18H,4-7H2,1-3H3. The fourth-order valence-electron chi connectivity index (χ4n) is 2.39. The molecule has 1 saturated heterocycles. The Morgan fingerprint density at radius 3 is 2.50 bits per heavy atom. The molecule has 1 unspecified atom stereocenters. The highest BCUT2D eigenvalue weighted by molar-refractivity contribution is 5.83. The third-order valence-corrected chi connectivity index (χ3v) is 3.80.